The summed E-state index contributed by atoms with van der Waals surface area (Å²) in [6.07, 6.45) is 3.15. The number of nitrogens with one attached hydrogen (secondary N) is 1. The number of rotatable bonds is 6. The van der Waals surface area contributed by atoms with E-state index in [4.69, 9.17) is 21.1 Å². The normalized spacial score (nSPS) is 20.1. The van der Waals surface area contributed by atoms with Gasteiger partial charge in [-0.15, -0.1) is 0 Å². The van der Waals surface area contributed by atoms with E-state index >= 15 is 0 Å². The van der Waals surface area contributed by atoms with Gasteiger partial charge in [0.25, 0.3) is 15.9 Å². The number of fused-ring (bicyclic) bond motifs is 1. The van der Waals surface area contributed by atoms with Gasteiger partial charge in [-0.2, -0.15) is 0 Å². The Morgan fingerprint density at radius 2 is 1.93 bits per heavy atom. The van der Waals surface area contributed by atoms with Crippen molar-refractivity contribution < 1.29 is 27.5 Å². The van der Waals surface area contributed by atoms with Gasteiger partial charge in [0.05, 0.1) is 29.0 Å². The first-order valence-electron chi connectivity index (χ1n) is 13.5. The summed E-state index contributed by atoms with van der Waals surface area (Å²) >= 11 is 5.99. The van der Waals surface area contributed by atoms with Crippen LogP contribution in [0.25, 0.3) is 0 Å². The Kier molecular flexibility index (Phi) is 10.1. The van der Waals surface area contributed by atoms with E-state index < -0.39 is 10.0 Å². The number of amides is 2. The SMILES string of the molecule is CO[C@@H]1CN(C)C(=O)c2cc(NS(=O)(=O)c3cccc(Cl)c3)ccc2OC[C@@H](C)N(C(=O)Cc2cccnc2)C[C@H]1C. The smallest absolute Gasteiger partial charge is 0.261 e. The minimum atomic E-state index is -3.97. The number of anilines is 1. The quantitative estimate of drug-likeness (QED) is 0.444. The molecule has 0 unspecified atom stereocenters. The summed E-state index contributed by atoms with van der Waals surface area (Å²) in [7, 11) is -0.748. The molecule has 0 spiro atoms. The van der Waals surface area contributed by atoms with Crippen LogP contribution in [0.15, 0.2) is 71.9 Å². The summed E-state index contributed by atoms with van der Waals surface area (Å²) in [4.78, 5) is 34.5. The fourth-order valence-corrected chi connectivity index (χ4v) is 6.16. The van der Waals surface area contributed by atoms with Crippen LogP contribution in [0.2, 0.25) is 5.02 Å². The minimum absolute atomic E-state index is 0.00995. The second-order valence-corrected chi connectivity index (χ2v) is 12.6. The molecule has 2 aromatic carbocycles. The number of hydrogen-bond donors (Lipinski definition) is 1. The van der Waals surface area contributed by atoms with E-state index in [1.54, 1.807) is 55.7 Å². The molecule has 12 heteroatoms. The summed E-state index contributed by atoms with van der Waals surface area (Å²) in [5.41, 5.74) is 1.16. The van der Waals surface area contributed by atoms with E-state index in [-0.39, 0.29) is 76.4 Å². The molecular weight excluding hydrogens is 580 g/mol. The Hall–Kier alpha value is -3.67. The summed E-state index contributed by atoms with van der Waals surface area (Å²) in [6, 6.07) is 13.7. The van der Waals surface area contributed by atoms with E-state index in [0.717, 1.165) is 5.56 Å². The number of carbonyl (C=O) groups is 2. The number of sulfonamides is 1. The fourth-order valence-electron chi connectivity index (χ4n) is 4.81. The van der Waals surface area contributed by atoms with E-state index in [2.05, 4.69) is 9.71 Å². The van der Waals surface area contributed by atoms with Gasteiger partial charge in [0, 0.05) is 56.3 Å². The molecule has 42 heavy (non-hydrogen) atoms. The standard InChI is InChI=1S/C30H35ClN4O6S/c1-20-17-35(29(36)13-22-7-6-12-32-16-22)21(2)19-41-27-11-10-24(15-26(27)30(37)34(3)18-28(20)40-4)33-42(38,39)25-9-5-8-23(31)14-25/h5-12,14-16,20-21,28,33H,13,17-19H2,1-4H3/t20-,21-,28-/m1/s1. The maximum Gasteiger partial charge on any atom is 0.261 e. The predicted octanol–water partition coefficient (Wildman–Crippen LogP) is 4.11. The topological polar surface area (TPSA) is 118 Å². The molecule has 0 bridgehead atoms. The second-order valence-electron chi connectivity index (χ2n) is 10.5. The number of methoxy groups -OCH3 is 1. The summed E-state index contributed by atoms with van der Waals surface area (Å²) in [6.45, 7) is 4.63. The molecule has 1 aromatic heterocycles. The average Bonchev–Trinajstić information content (AvgIpc) is 2.97. The van der Waals surface area contributed by atoms with Crippen LogP contribution in [0.1, 0.15) is 29.8 Å². The first-order valence-corrected chi connectivity index (χ1v) is 15.4. The molecule has 0 saturated heterocycles. The van der Waals surface area contributed by atoms with Crippen LogP contribution in [0, 0.1) is 5.92 Å². The van der Waals surface area contributed by atoms with Crippen LogP contribution in [0.5, 0.6) is 5.75 Å². The summed E-state index contributed by atoms with van der Waals surface area (Å²) < 4.78 is 40.4. The number of carbonyl (C=O) groups excluding carboxylic acids is 2. The maximum absolute atomic E-state index is 13.6. The Balaban J connectivity index is 1.65. The van der Waals surface area contributed by atoms with Crippen molar-refractivity contribution >= 4 is 39.1 Å². The number of nitrogens with zero attached hydrogens (tertiary/aromatic N) is 3. The second kappa shape index (κ2) is 13.5. The van der Waals surface area contributed by atoms with Gasteiger partial charge >= 0.3 is 0 Å². The van der Waals surface area contributed by atoms with Crippen molar-refractivity contribution in [2.75, 3.05) is 38.6 Å². The van der Waals surface area contributed by atoms with Crippen LogP contribution in [-0.4, -0.2) is 81.0 Å². The fraction of sp³-hybridized carbons (Fsp3) is 0.367. The Morgan fingerprint density at radius 1 is 1.14 bits per heavy atom. The molecule has 224 valence electrons. The van der Waals surface area contributed by atoms with Gasteiger partial charge in [-0.25, -0.2) is 8.42 Å². The molecule has 3 atom stereocenters. The third-order valence-electron chi connectivity index (χ3n) is 7.20. The van der Waals surface area contributed by atoms with Gasteiger partial charge in [0.2, 0.25) is 5.91 Å². The van der Waals surface area contributed by atoms with Crippen LogP contribution in [0.3, 0.4) is 0 Å². The number of likely N-dealkylation sites (N-methyl/N-ethyl adjacent to an activating group) is 1. The number of aromatic nitrogens is 1. The van der Waals surface area contributed by atoms with Crippen LogP contribution < -0.4 is 9.46 Å². The van der Waals surface area contributed by atoms with E-state index in [1.165, 1.54) is 29.2 Å². The highest BCUT2D eigenvalue weighted by Crippen LogP contribution is 2.28. The molecule has 0 fully saturated rings. The molecule has 1 N–H and O–H groups in total. The van der Waals surface area contributed by atoms with Gasteiger partial charge in [-0.05, 0) is 55.0 Å². The number of ether oxygens (including phenoxy) is 2. The third-order valence-corrected chi connectivity index (χ3v) is 8.82. The van der Waals surface area contributed by atoms with Crippen molar-refractivity contribution in [3.05, 3.63) is 83.1 Å². The van der Waals surface area contributed by atoms with Gasteiger partial charge in [0.1, 0.15) is 12.4 Å². The highest BCUT2D eigenvalue weighted by Gasteiger charge is 2.30. The molecule has 3 aromatic rings. The van der Waals surface area contributed by atoms with Gasteiger partial charge in [-0.3, -0.25) is 19.3 Å². The number of hydrogen-bond acceptors (Lipinski definition) is 7. The lowest BCUT2D eigenvalue weighted by molar-refractivity contribution is -0.134. The first kappa shape index (κ1) is 31.3. The lowest BCUT2D eigenvalue weighted by Gasteiger charge is -2.36. The molecule has 4 rings (SSSR count). The monoisotopic (exact) mass is 614 g/mol. The molecule has 0 saturated carbocycles. The van der Waals surface area contributed by atoms with E-state index in [1.807, 2.05) is 19.9 Å². The number of benzene rings is 2. The number of pyridine rings is 1. The van der Waals surface area contributed by atoms with Crippen LogP contribution >= 0.6 is 11.6 Å². The Morgan fingerprint density at radius 3 is 2.62 bits per heavy atom. The zero-order valence-corrected chi connectivity index (χ0v) is 25.6. The molecule has 0 aliphatic carbocycles. The molecule has 0 radical (unpaired) electrons. The summed E-state index contributed by atoms with van der Waals surface area (Å²) in [5, 5.41) is 0.282. The molecule has 2 heterocycles. The van der Waals surface area contributed by atoms with Crippen molar-refractivity contribution in [2.45, 2.75) is 37.3 Å². The first-order chi connectivity index (χ1) is 20.0. The van der Waals surface area contributed by atoms with Crippen molar-refractivity contribution in [1.82, 2.24) is 14.8 Å². The Labute approximate surface area is 251 Å². The molecular formula is C30H35ClN4O6S. The van der Waals surface area contributed by atoms with E-state index in [0.29, 0.717) is 6.54 Å². The zero-order valence-electron chi connectivity index (χ0n) is 24.0. The third kappa shape index (κ3) is 7.58. The maximum atomic E-state index is 13.6. The van der Waals surface area contributed by atoms with Crippen LogP contribution in [0.4, 0.5) is 5.69 Å². The number of halogens is 1. The largest absolute Gasteiger partial charge is 0.491 e. The van der Waals surface area contributed by atoms with Crippen molar-refractivity contribution in [3.8, 4) is 5.75 Å². The highest BCUT2D eigenvalue weighted by atomic mass is 35.5. The van der Waals surface area contributed by atoms with Crippen LogP contribution in [-0.2, 0) is 26.0 Å². The van der Waals surface area contributed by atoms with Gasteiger partial charge < -0.3 is 19.3 Å². The van der Waals surface area contributed by atoms with Gasteiger partial charge in [0.15, 0.2) is 0 Å². The molecule has 1 aliphatic rings. The molecule has 2 amide bonds. The van der Waals surface area contributed by atoms with Crippen molar-refractivity contribution in [2.24, 2.45) is 5.92 Å². The predicted molar refractivity (Wildman–Crippen MR) is 160 cm³/mol. The van der Waals surface area contributed by atoms with Gasteiger partial charge in [-0.1, -0.05) is 30.7 Å². The average molecular weight is 615 g/mol. The minimum Gasteiger partial charge on any atom is -0.491 e. The zero-order chi connectivity index (χ0) is 30.4. The highest BCUT2D eigenvalue weighted by molar-refractivity contribution is 7.92. The lowest BCUT2D eigenvalue weighted by Crippen LogP contribution is -2.49. The van der Waals surface area contributed by atoms with E-state index in [9.17, 15) is 18.0 Å². The van der Waals surface area contributed by atoms with Crippen molar-refractivity contribution in [1.29, 1.82) is 0 Å². The summed E-state index contributed by atoms with van der Waals surface area (Å²) in [5.74, 6) is -0.277. The molecule has 1 aliphatic heterocycles. The van der Waals surface area contributed by atoms with Crippen molar-refractivity contribution in [3.63, 3.8) is 0 Å². The molecule has 10 nitrogen and oxygen atoms in total. The Bertz CT molecular complexity index is 1520. The lowest BCUT2D eigenvalue weighted by atomic mass is 10.0.